The number of nitro groups is 1. The predicted octanol–water partition coefficient (Wildman–Crippen LogP) is 3.50. The van der Waals surface area contributed by atoms with Gasteiger partial charge < -0.3 is 4.74 Å². The lowest BCUT2D eigenvalue weighted by molar-refractivity contribution is -0.386. The summed E-state index contributed by atoms with van der Waals surface area (Å²) in [5.74, 6) is 0.381. The number of hydrogen-bond donors (Lipinski definition) is 0. The van der Waals surface area contributed by atoms with Crippen LogP contribution in [0.1, 0.15) is 26.2 Å². The molecule has 0 radical (unpaired) electrons. The van der Waals surface area contributed by atoms with Crippen LogP contribution in [-0.2, 0) is 4.79 Å². The molecule has 5 nitrogen and oxygen atoms in total. The Morgan fingerprint density at radius 2 is 2.22 bits per heavy atom. The van der Waals surface area contributed by atoms with Crippen LogP contribution < -0.4 is 4.74 Å². The van der Waals surface area contributed by atoms with Crippen LogP contribution in [0.2, 0.25) is 0 Å². The number of hydrogen-bond acceptors (Lipinski definition) is 4. The molecule has 0 aliphatic carbocycles. The molecule has 98 valence electrons. The Hall–Kier alpha value is -1.43. The molecule has 1 aromatic carbocycles. The van der Waals surface area contributed by atoms with Crippen molar-refractivity contribution >= 4 is 27.4 Å². The molecule has 1 aromatic rings. The van der Waals surface area contributed by atoms with E-state index >= 15 is 0 Å². The zero-order valence-corrected chi connectivity index (χ0v) is 11.6. The molecule has 0 N–H and O–H groups in total. The first-order chi connectivity index (χ1) is 8.56. The molecule has 0 saturated heterocycles. The number of carbonyl (C=O) groups is 1. The van der Waals surface area contributed by atoms with E-state index in [1.165, 1.54) is 6.07 Å². The minimum atomic E-state index is -0.489. The van der Waals surface area contributed by atoms with Crippen molar-refractivity contribution in [3.63, 3.8) is 0 Å². The molecule has 18 heavy (non-hydrogen) atoms. The lowest BCUT2D eigenvalue weighted by Gasteiger charge is -2.08. The van der Waals surface area contributed by atoms with Crippen molar-refractivity contribution < 1.29 is 14.5 Å². The van der Waals surface area contributed by atoms with Gasteiger partial charge in [0.05, 0.1) is 16.0 Å². The third-order valence-corrected chi connectivity index (χ3v) is 3.01. The van der Waals surface area contributed by atoms with Crippen LogP contribution in [0.5, 0.6) is 5.75 Å². The van der Waals surface area contributed by atoms with Crippen LogP contribution in [0.25, 0.3) is 0 Å². The van der Waals surface area contributed by atoms with E-state index in [0.29, 0.717) is 23.7 Å². The van der Waals surface area contributed by atoms with Gasteiger partial charge in [-0.2, -0.15) is 0 Å². The topological polar surface area (TPSA) is 69.4 Å². The van der Waals surface area contributed by atoms with Crippen LogP contribution in [0, 0.1) is 10.1 Å². The van der Waals surface area contributed by atoms with Crippen LogP contribution in [0.3, 0.4) is 0 Å². The molecular formula is C12H14BrNO4. The largest absolute Gasteiger partial charge is 0.486 e. The SMILES string of the molecule is CCC(=O)CCCOc1c(Br)cccc1[N+](=O)[O-]. The summed E-state index contributed by atoms with van der Waals surface area (Å²) in [6, 6.07) is 4.65. The molecule has 0 bridgehead atoms. The van der Waals surface area contributed by atoms with Crippen molar-refractivity contribution in [3.8, 4) is 5.75 Å². The first-order valence-corrected chi connectivity index (χ1v) is 6.43. The second kappa shape index (κ2) is 7.10. The van der Waals surface area contributed by atoms with Gasteiger partial charge in [-0.25, -0.2) is 0 Å². The molecule has 0 fully saturated rings. The summed E-state index contributed by atoms with van der Waals surface area (Å²) in [7, 11) is 0. The van der Waals surface area contributed by atoms with Crippen LogP contribution >= 0.6 is 15.9 Å². The van der Waals surface area contributed by atoms with Crippen molar-refractivity contribution in [2.45, 2.75) is 26.2 Å². The Kier molecular flexibility index (Phi) is 5.77. The number of nitro benzene ring substituents is 1. The van der Waals surface area contributed by atoms with Gasteiger partial charge in [-0.05, 0) is 28.4 Å². The monoisotopic (exact) mass is 315 g/mol. The fraction of sp³-hybridized carbons (Fsp3) is 0.417. The number of nitrogens with zero attached hydrogens (tertiary/aromatic N) is 1. The lowest BCUT2D eigenvalue weighted by Crippen LogP contribution is -2.04. The second-order valence-electron chi connectivity index (χ2n) is 3.69. The maximum Gasteiger partial charge on any atom is 0.312 e. The van der Waals surface area contributed by atoms with Crippen molar-refractivity contribution in [3.05, 3.63) is 32.8 Å². The van der Waals surface area contributed by atoms with E-state index in [0.717, 1.165) is 0 Å². The Balaban J connectivity index is 2.61. The van der Waals surface area contributed by atoms with Gasteiger partial charge in [0.1, 0.15) is 5.78 Å². The van der Waals surface area contributed by atoms with Crippen LogP contribution in [0.15, 0.2) is 22.7 Å². The molecule has 0 unspecified atom stereocenters. The molecular weight excluding hydrogens is 302 g/mol. The summed E-state index contributed by atoms with van der Waals surface area (Å²) < 4.78 is 5.92. The first-order valence-electron chi connectivity index (χ1n) is 5.63. The van der Waals surface area contributed by atoms with Gasteiger partial charge in [0, 0.05) is 18.9 Å². The predicted molar refractivity (Wildman–Crippen MR) is 70.8 cm³/mol. The molecule has 0 amide bonds. The maximum absolute atomic E-state index is 11.1. The van der Waals surface area contributed by atoms with Gasteiger partial charge in [-0.15, -0.1) is 0 Å². The smallest absolute Gasteiger partial charge is 0.312 e. The number of benzene rings is 1. The maximum atomic E-state index is 11.1. The highest BCUT2D eigenvalue weighted by atomic mass is 79.9. The molecule has 0 aliphatic heterocycles. The Bertz CT molecular complexity index is 448. The Morgan fingerprint density at radius 3 is 2.83 bits per heavy atom. The highest BCUT2D eigenvalue weighted by Gasteiger charge is 2.17. The lowest BCUT2D eigenvalue weighted by atomic mass is 10.2. The van der Waals surface area contributed by atoms with E-state index in [1.807, 2.05) is 6.92 Å². The van der Waals surface area contributed by atoms with Crippen molar-refractivity contribution in [1.82, 2.24) is 0 Å². The molecule has 0 heterocycles. The standard InChI is InChI=1S/C12H14BrNO4/c1-2-9(15)5-4-8-18-12-10(13)6-3-7-11(12)14(16)17/h3,6-7H,2,4-5,8H2,1H3. The second-order valence-corrected chi connectivity index (χ2v) is 4.54. The minimum Gasteiger partial charge on any atom is -0.486 e. The van der Waals surface area contributed by atoms with Crippen molar-refractivity contribution in [2.24, 2.45) is 0 Å². The molecule has 0 saturated carbocycles. The molecule has 0 atom stereocenters. The summed E-state index contributed by atoms with van der Waals surface area (Å²) >= 11 is 3.21. The summed E-state index contributed by atoms with van der Waals surface area (Å²) in [4.78, 5) is 21.4. The number of carbonyl (C=O) groups excluding carboxylic acids is 1. The average molecular weight is 316 g/mol. The molecule has 0 aliphatic rings. The van der Waals surface area contributed by atoms with E-state index in [2.05, 4.69) is 15.9 Å². The number of Topliss-reactive ketones (excluding diaryl/α,β-unsaturated/α-hetero) is 1. The number of ketones is 1. The Morgan fingerprint density at radius 1 is 1.50 bits per heavy atom. The Labute approximate surface area is 113 Å². The highest BCUT2D eigenvalue weighted by molar-refractivity contribution is 9.10. The summed E-state index contributed by atoms with van der Waals surface area (Å²) in [5, 5.41) is 10.8. The number of halogens is 1. The van der Waals surface area contributed by atoms with Gasteiger partial charge in [0.15, 0.2) is 0 Å². The van der Waals surface area contributed by atoms with E-state index < -0.39 is 4.92 Å². The summed E-state index contributed by atoms with van der Waals surface area (Å²) in [6.45, 7) is 2.09. The fourth-order valence-electron chi connectivity index (χ4n) is 1.40. The minimum absolute atomic E-state index is 0.0776. The van der Waals surface area contributed by atoms with Gasteiger partial charge in [-0.3, -0.25) is 14.9 Å². The third kappa shape index (κ3) is 4.10. The zero-order valence-electron chi connectivity index (χ0n) is 10.0. The zero-order chi connectivity index (χ0) is 13.5. The normalized spacial score (nSPS) is 10.1. The van der Waals surface area contributed by atoms with E-state index in [1.54, 1.807) is 12.1 Å². The third-order valence-electron chi connectivity index (χ3n) is 2.38. The van der Waals surface area contributed by atoms with Gasteiger partial charge >= 0.3 is 5.69 Å². The fourth-order valence-corrected chi connectivity index (χ4v) is 1.87. The summed E-state index contributed by atoms with van der Waals surface area (Å²) in [5.41, 5.74) is -0.0776. The van der Waals surface area contributed by atoms with Crippen LogP contribution in [0.4, 0.5) is 5.69 Å². The number of rotatable bonds is 7. The van der Waals surface area contributed by atoms with E-state index in [9.17, 15) is 14.9 Å². The molecule has 0 spiro atoms. The highest BCUT2D eigenvalue weighted by Crippen LogP contribution is 2.34. The van der Waals surface area contributed by atoms with Crippen LogP contribution in [-0.4, -0.2) is 17.3 Å². The number of ether oxygens (including phenoxy) is 1. The molecule has 6 heteroatoms. The molecule has 0 aromatic heterocycles. The van der Waals surface area contributed by atoms with E-state index in [4.69, 9.17) is 4.74 Å². The summed E-state index contributed by atoms with van der Waals surface area (Å²) in [6.07, 6.45) is 1.51. The van der Waals surface area contributed by atoms with Gasteiger partial charge in [0.25, 0.3) is 0 Å². The number of para-hydroxylation sites is 1. The van der Waals surface area contributed by atoms with Gasteiger partial charge in [0.2, 0.25) is 5.75 Å². The molecule has 1 rings (SSSR count). The van der Waals surface area contributed by atoms with E-state index in [-0.39, 0.29) is 23.8 Å². The van der Waals surface area contributed by atoms with Crippen molar-refractivity contribution in [1.29, 1.82) is 0 Å². The quantitative estimate of drug-likeness (QED) is 0.438. The first kappa shape index (κ1) is 14.6. The van der Waals surface area contributed by atoms with Crippen molar-refractivity contribution in [2.75, 3.05) is 6.61 Å². The average Bonchev–Trinajstić information content (AvgIpc) is 2.35. The van der Waals surface area contributed by atoms with Gasteiger partial charge in [-0.1, -0.05) is 13.0 Å².